The number of thiophene rings is 1. The van der Waals surface area contributed by atoms with Crippen LogP contribution >= 0.6 is 11.3 Å². The van der Waals surface area contributed by atoms with Crippen molar-refractivity contribution >= 4 is 28.6 Å². The van der Waals surface area contributed by atoms with Crippen LogP contribution in [0.25, 0.3) is 10.6 Å². The van der Waals surface area contributed by atoms with Gasteiger partial charge in [0, 0.05) is 5.69 Å². The molecule has 0 aliphatic rings. The smallest absolute Gasteiger partial charge is 0.290 e. The third-order valence-electron chi connectivity index (χ3n) is 3.84. The largest absolute Gasteiger partial charge is 0.497 e. The number of carbonyl (C=O) groups is 1. The molecule has 3 aromatic rings. The molecule has 0 radical (unpaired) electrons. The van der Waals surface area contributed by atoms with Gasteiger partial charge in [0.25, 0.3) is 5.56 Å². The lowest BCUT2D eigenvalue weighted by Gasteiger charge is -2.15. The van der Waals surface area contributed by atoms with Gasteiger partial charge in [-0.15, -0.1) is 11.3 Å². The van der Waals surface area contributed by atoms with E-state index in [1.54, 1.807) is 38.3 Å². The number of nitrogens with one attached hydrogen (secondary N) is 1. The van der Waals surface area contributed by atoms with Crippen molar-refractivity contribution < 1.29 is 9.53 Å². The van der Waals surface area contributed by atoms with Crippen molar-refractivity contribution in [2.75, 3.05) is 18.2 Å². The van der Waals surface area contributed by atoms with Crippen LogP contribution in [0, 0.1) is 0 Å². The Hall–Kier alpha value is -3.13. The summed E-state index contributed by atoms with van der Waals surface area (Å²) in [4.78, 5) is 25.8. The van der Waals surface area contributed by atoms with E-state index in [2.05, 4.69) is 10.4 Å². The lowest BCUT2D eigenvalue weighted by molar-refractivity contribution is -0.119. The van der Waals surface area contributed by atoms with Crippen LogP contribution in [0.3, 0.4) is 0 Å². The molecule has 0 fully saturated rings. The summed E-state index contributed by atoms with van der Waals surface area (Å²) in [6.07, 6.45) is 0. The van der Waals surface area contributed by atoms with Crippen LogP contribution < -0.4 is 21.3 Å². The number of amides is 1. The zero-order valence-electron chi connectivity index (χ0n) is 14.3. The van der Waals surface area contributed by atoms with E-state index in [9.17, 15) is 9.59 Å². The molecule has 26 heavy (non-hydrogen) atoms. The van der Waals surface area contributed by atoms with E-state index in [1.807, 2.05) is 17.5 Å². The number of hydrogen-bond donors (Lipinski definition) is 2. The Morgan fingerprint density at radius 2 is 2.04 bits per heavy atom. The average molecular weight is 370 g/mol. The maximum Gasteiger partial charge on any atom is 0.290 e. The molecule has 0 saturated carbocycles. The van der Waals surface area contributed by atoms with Crippen molar-refractivity contribution in [3.63, 3.8) is 0 Å². The molecule has 0 saturated heterocycles. The summed E-state index contributed by atoms with van der Waals surface area (Å²) in [5.74, 6) is 0.317. The Kier molecular flexibility index (Phi) is 5.04. The minimum absolute atomic E-state index is 0.0486. The molecule has 1 unspecified atom stereocenters. The average Bonchev–Trinajstić information content (AvgIpc) is 3.18. The van der Waals surface area contributed by atoms with Gasteiger partial charge in [0.2, 0.25) is 5.91 Å². The number of methoxy groups -OCH3 is 1. The lowest BCUT2D eigenvalue weighted by atomic mass is 10.2. The Balaban J connectivity index is 1.87. The van der Waals surface area contributed by atoms with Gasteiger partial charge in [0.1, 0.15) is 23.2 Å². The molecule has 1 amide bonds. The topological polar surface area (TPSA) is 99.2 Å². The second kappa shape index (κ2) is 7.40. The minimum atomic E-state index is -0.827. The third kappa shape index (κ3) is 3.60. The summed E-state index contributed by atoms with van der Waals surface area (Å²) in [6.45, 7) is 1.60. The SMILES string of the molecule is COc1ccc(NC(=O)C(C)n2nc(-c3cccs3)cc(N)c2=O)cc1. The van der Waals surface area contributed by atoms with E-state index in [1.165, 1.54) is 17.4 Å². The molecule has 1 aromatic carbocycles. The maximum absolute atomic E-state index is 12.5. The highest BCUT2D eigenvalue weighted by atomic mass is 32.1. The normalized spacial score (nSPS) is 11.8. The summed E-state index contributed by atoms with van der Waals surface area (Å²) in [7, 11) is 1.57. The van der Waals surface area contributed by atoms with E-state index in [4.69, 9.17) is 10.5 Å². The number of anilines is 2. The summed E-state index contributed by atoms with van der Waals surface area (Å²) in [6, 6.07) is 11.4. The Labute approximate surface area is 154 Å². The van der Waals surface area contributed by atoms with Gasteiger partial charge in [-0.25, -0.2) is 4.68 Å². The highest BCUT2D eigenvalue weighted by Crippen LogP contribution is 2.23. The Bertz CT molecular complexity index is 965. The van der Waals surface area contributed by atoms with Crippen molar-refractivity contribution in [1.82, 2.24) is 9.78 Å². The molecule has 3 rings (SSSR count). The fourth-order valence-corrected chi connectivity index (χ4v) is 3.05. The number of carbonyl (C=O) groups excluding carboxylic acids is 1. The van der Waals surface area contributed by atoms with Crippen LogP contribution in [0.2, 0.25) is 0 Å². The van der Waals surface area contributed by atoms with E-state index < -0.39 is 11.6 Å². The van der Waals surface area contributed by atoms with Crippen LogP contribution in [0.15, 0.2) is 52.6 Å². The van der Waals surface area contributed by atoms with Gasteiger partial charge in [0.05, 0.1) is 12.0 Å². The summed E-state index contributed by atoms with van der Waals surface area (Å²) >= 11 is 1.48. The summed E-state index contributed by atoms with van der Waals surface area (Å²) < 4.78 is 6.20. The van der Waals surface area contributed by atoms with Gasteiger partial charge in [0.15, 0.2) is 0 Å². The van der Waals surface area contributed by atoms with Gasteiger partial charge in [-0.1, -0.05) is 6.07 Å². The first-order chi connectivity index (χ1) is 12.5. The van der Waals surface area contributed by atoms with Crippen molar-refractivity contribution in [2.45, 2.75) is 13.0 Å². The third-order valence-corrected chi connectivity index (χ3v) is 4.73. The highest BCUT2D eigenvalue weighted by molar-refractivity contribution is 7.13. The second-order valence-electron chi connectivity index (χ2n) is 5.61. The van der Waals surface area contributed by atoms with Crippen molar-refractivity contribution in [3.8, 4) is 16.3 Å². The van der Waals surface area contributed by atoms with Crippen LogP contribution in [-0.2, 0) is 4.79 Å². The highest BCUT2D eigenvalue weighted by Gasteiger charge is 2.20. The van der Waals surface area contributed by atoms with Crippen molar-refractivity contribution in [2.24, 2.45) is 0 Å². The fourth-order valence-electron chi connectivity index (χ4n) is 2.37. The standard InChI is InChI=1S/C18H18N4O3S/c1-11(17(23)20-12-5-7-13(25-2)8-6-12)22-18(24)14(19)10-15(21-22)16-4-3-9-26-16/h3-11H,19H2,1-2H3,(H,20,23). The molecule has 0 aliphatic carbocycles. The second-order valence-corrected chi connectivity index (χ2v) is 6.55. The Morgan fingerprint density at radius 3 is 2.65 bits per heavy atom. The molecule has 3 N–H and O–H groups in total. The Morgan fingerprint density at radius 1 is 1.31 bits per heavy atom. The van der Waals surface area contributed by atoms with Crippen molar-refractivity contribution in [1.29, 1.82) is 0 Å². The van der Waals surface area contributed by atoms with Crippen LogP contribution in [0.4, 0.5) is 11.4 Å². The van der Waals surface area contributed by atoms with Gasteiger partial charge in [-0.2, -0.15) is 5.10 Å². The number of nitrogen functional groups attached to an aromatic ring is 1. The van der Waals surface area contributed by atoms with Crippen molar-refractivity contribution in [3.05, 3.63) is 58.2 Å². The number of benzene rings is 1. The zero-order valence-corrected chi connectivity index (χ0v) is 15.1. The summed E-state index contributed by atoms with van der Waals surface area (Å²) in [5, 5.41) is 8.98. The van der Waals surface area contributed by atoms with Gasteiger partial charge >= 0.3 is 0 Å². The number of nitrogens with zero attached hydrogens (tertiary/aromatic N) is 2. The van der Waals surface area contributed by atoms with E-state index >= 15 is 0 Å². The van der Waals surface area contributed by atoms with Gasteiger partial charge < -0.3 is 15.8 Å². The molecule has 2 heterocycles. The van der Waals surface area contributed by atoms with E-state index in [0.29, 0.717) is 17.1 Å². The molecule has 7 nitrogen and oxygen atoms in total. The van der Waals surface area contributed by atoms with E-state index in [0.717, 1.165) is 9.56 Å². The minimum Gasteiger partial charge on any atom is -0.497 e. The lowest BCUT2D eigenvalue weighted by Crippen LogP contribution is -2.34. The quantitative estimate of drug-likeness (QED) is 0.719. The number of hydrogen-bond acceptors (Lipinski definition) is 6. The molecule has 8 heteroatoms. The zero-order chi connectivity index (χ0) is 18.7. The molecular weight excluding hydrogens is 352 g/mol. The predicted molar refractivity (Wildman–Crippen MR) is 103 cm³/mol. The number of nitrogens with two attached hydrogens (primary N) is 1. The summed E-state index contributed by atoms with van der Waals surface area (Å²) in [5.41, 5.74) is 6.54. The molecule has 0 bridgehead atoms. The van der Waals surface area contributed by atoms with E-state index in [-0.39, 0.29) is 11.6 Å². The first-order valence-corrected chi connectivity index (χ1v) is 8.75. The number of rotatable bonds is 5. The predicted octanol–water partition coefficient (Wildman–Crippen LogP) is 2.76. The monoisotopic (exact) mass is 370 g/mol. The molecule has 2 aromatic heterocycles. The maximum atomic E-state index is 12.5. The van der Waals surface area contributed by atoms with Crippen LogP contribution in [0.5, 0.6) is 5.75 Å². The number of aromatic nitrogens is 2. The van der Waals surface area contributed by atoms with Crippen LogP contribution in [-0.4, -0.2) is 22.8 Å². The van der Waals surface area contributed by atoms with Gasteiger partial charge in [-0.05, 0) is 48.7 Å². The fraction of sp³-hybridized carbons (Fsp3) is 0.167. The molecule has 0 spiro atoms. The first-order valence-electron chi connectivity index (χ1n) is 7.87. The molecule has 134 valence electrons. The number of ether oxygens (including phenoxy) is 1. The first kappa shape index (κ1) is 17.7. The van der Waals surface area contributed by atoms with Gasteiger partial charge in [-0.3, -0.25) is 9.59 Å². The molecular formula is C18H18N4O3S. The molecule has 0 aliphatic heterocycles. The molecule has 1 atom stereocenters. The van der Waals surface area contributed by atoms with Crippen LogP contribution in [0.1, 0.15) is 13.0 Å².